The minimum Gasteiger partial charge on any atom is -0.454 e. The summed E-state index contributed by atoms with van der Waals surface area (Å²) in [6, 6.07) is 28.4. The van der Waals surface area contributed by atoms with E-state index in [-0.39, 0.29) is 0 Å². The monoisotopic (exact) mass is 552 g/mol. The van der Waals surface area contributed by atoms with Crippen LogP contribution < -0.4 is 0 Å². The second-order valence-corrected chi connectivity index (χ2v) is 10.7. The lowest BCUT2D eigenvalue weighted by Crippen LogP contribution is -1.85. The first-order valence-corrected chi connectivity index (χ1v) is 12.7. The second-order valence-electron chi connectivity index (χ2n) is 8.72. The van der Waals surface area contributed by atoms with Gasteiger partial charge in [0.25, 0.3) is 0 Å². The predicted octanol–water partition coefficient (Wildman–Crippen LogP) is 9.10. The molecule has 5 aromatic heterocycles. The molecule has 0 aliphatic rings. The smallest absolute Gasteiger partial charge is 0.160 e. The largest absolute Gasteiger partial charge is 0.454 e. The number of fused-ring (bicyclic) bond motifs is 10. The molecule has 0 radical (unpaired) electrons. The first-order valence-electron chi connectivity index (χ1n) is 10.9. The molecule has 9 aromatic rings. The van der Waals surface area contributed by atoms with Gasteiger partial charge in [0.1, 0.15) is 11.1 Å². The number of aromatic nitrogens is 2. The number of furan rings is 1. The van der Waals surface area contributed by atoms with Gasteiger partial charge >= 0.3 is 0 Å². The van der Waals surface area contributed by atoms with Crippen LogP contribution in [0.5, 0.6) is 0 Å². The first-order chi connectivity index (χ1) is 16.3. The number of benzene rings is 4. The summed E-state index contributed by atoms with van der Waals surface area (Å²) in [6.45, 7) is 0. The summed E-state index contributed by atoms with van der Waals surface area (Å²) in [5.74, 6) is 0. The van der Waals surface area contributed by atoms with Gasteiger partial charge in [-0.1, -0.05) is 42.5 Å². The lowest BCUT2D eigenvalue weighted by atomic mass is 10.1. The van der Waals surface area contributed by atoms with Crippen molar-refractivity contribution in [3.05, 3.63) is 78.9 Å². The highest BCUT2D eigenvalue weighted by molar-refractivity contribution is 14.1. The van der Waals surface area contributed by atoms with Gasteiger partial charge in [-0.3, -0.25) is 2.78 Å². The van der Waals surface area contributed by atoms with Gasteiger partial charge in [0.05, 0.1) is 49.6 Å². The maximum absolute atomic E-state index is 6.64. The van der Waals surface area contributed by atoms with Gasteiger partial charge in [-0.15, -0.1) is 11.3 Å². The number of rotatable bonds is 0. The Morgan fingerprint density at radius 3 is 2.36 bits per heavy atom. The van der Waals surface area contributed by atoms with Gasteiger partial charge < -0.3 is 8.82 Å². The van der Waals surface area contributed by atoms with Gasteiger partial charge in [0.2, 0.25) is 0 Å². The van der Waals surface area contributed by atoms with Crippen LogP contribution in [0.4, 0.5) is 0 Å². The van der Waals surface area contributed by atoms with Crippen LogP contribution in [-0.4, -0.2) is 7.18 Å². The number of nitrogens with zero attached hydrogens (tertiary/aromatic N) is 2. The Balaban J connectivity index is 1.82. The highest BCUT2D eigenvalue weighted by atomic mass is 127. The van der Waals surface area contributed by atoms with Gasteiger partial charge in [0.15, 0.2) is 5.58 Å². The fourth-order valence-electron chi connectivity index (χ4n) is 5.90. The molecule has 0 amide bonds. The lowest BCUT2D eigenvalue weighted by molar-refractivity contribution is 0.672. The van der Waals surface area contributed by atoms with Crippen molar-refractivity contribution >= 4 is 115 Å². The Bertz CT molecular complexity index is 2260. The zero-order valence-corrected chi connectivity index (χ0v) is 20.1. The molecule has 5 heteroatoms. The minimum absolute atomic E-state index is 0.929. The fraction of sp³-hybridized carbons (Fsp3) is 0. The van der Waals surface area contributed by atoms with Gasteiger partial charge in [-0.25, -0.2) is 0 Å². The Morgan fingerprint density at radius 2 is 1.42 bits per heavy atom. The van der Waals surface area contributed by atoms with Crippen molar-refractivity contribution in [2.24, 2.45) is 0 Å². The number of hydrogen-bond donors (Lipinski definition) is 0. The molecule has 0 atom stereocenters. The Labute approximate surface area is 204 Å². The summed E-state index contributed by atoms with van der Waals surface area (Å²) >= 11 is 4.33. The summed E-state index contributed by atoms with van der Waals surface area (Å²) in [4.78, 5) is 0. The summed E-state index contributed by atoms with van der Waals surface area (Å²) in [7, 11) is 0. The molecule has 0 bridgehead atoms. The van der Waals surface area contributed by atoms with E-state index in [4.69, 9.17) is 4.42 Å². The van der Waals surface area contributed by atoms with Crippen LogP contribution in [0, 0.1) is 0 Å². The fourth-order valence-corrected chi connectivity index (χ4v) is 7.92. The molecule has 0 unspecified atom stereocenters. The van der Waals surface area contributed by atoms with Crippen molar-refractivity contribution in [1.29, 1.82) is 0 Å². The van der Waals surface area contributed by atoms with Gasteiger partial charge in [-0.05, 0) is 36.4 Å². The van der Waals surface area contributed by atoms with Crippen molar-refractivity contribution < 1.29 is 4.42 Å². The minimum atomic E-state index is 0.929. The first kappa shape index (κ1) is 17.2. The average Bonchev–Trinajstić information content (AvgIpc) is 3.55. The molecule has 0 spiro atoms. The van der Waals surface area contributed by atoms with Crippen molar-refractivity contribution in [1.82, 2.24) is 7.18 Å². The topological polar surface area (TPSA) is 22.5 Å². The van der Waals surface area contributed by atoms with Crippen LogP contribution >= 0.6 is 34.2 Å². The Kier molecular flexibility index (Phi) is 2.93. The summed E-state index contributed by atoms with van der Waals surface area (Å²) < 4.78 is 14.1. The normalized spacial score (nSPS) is 13.0. The van der Waals surface area contributed by atoms with E-state index in [9.17, 15) is 0 Å². The highest BCUT2D eigenvalue weighted by Crippen LogP contribution is 2.49. The molecule has 0 N–H and O–H groups in total. The molecule has 3 nitrogen and oxygen atoms in total. The molecular formula is C28H13IN2OS. The maximum Gasteiger partial charge on any atom is 0.160 e. The van der Waals surface area contributed by atoms with Crippen molar-refractivity contribution in [3.63, 3.8) is 0 Å². The summed E-state index contributed by atoms with van der Waals surface area (Å²) in [5.41, 5.74) is 8.09. The van der Waals surface area contributed by atoms with Crippen molar-refractivity contribution in [2.45, 2.75) is 0 Å². The van der Waals surface area contributed by atoms with E-state index in [0.717, 1.165) is 22.1 Å². The zero-order chi connectivity index (χ0) is 21.4. The zero-order valence-electron chi connectivity index (χ0n) is 17.1. The number of halogens is 1. The molecule has 9 rings (SSSR count). The molecular weight excluding hydrogens is 539 g/mol. The van der Waals surface area contributed by atoms with E-state index >= 15 is 0 Å². The van der Waals surface area contributed by atoms with Crippen molar-refractivity contribution in [3.8, 4) is 0 Å². The van der Waals surface area contributed by atoms with E-state index in [1.807, 2.05) is 11.3 Å². The number of para-hydroxylation sites is 1. The Morgan fingerprint density at radius 1 is 0.636 bits per heavy atom. The predicted molar refractivity (Wildman–Crippen MR) is 149 cm³/mol. The molecule has 4 aromatic carbocycles. The molecule has 5 heterocycles. The standard InChI is InChI=1S/C28H13IN2OS/c29-31-18-9-5-8-16-22(18)23-19(31)13-12-17-24(23)30(25-14-6-1-3-10-20(14)32-27(16)25)26-15-7-2-4-11-21(15)33-28(17)26/h1-13H. The van der Waals surface area contributed by atoms with E-state index in [2.05, 4.69) is 109 Å². The third-order valence-electron chi connectivity index (χ3n) is 7.17. The summed E-state index contributed by atoms with van der Waals surface area (Å²) in [6.07, 6.45) is 0. The molecule has 154 valence electrons. The van der Waals surface area contributed by atoms with E-state index in [1.165, 1.54) is 58.4 Å². The van der Waals surface area contributed by atoms with Gasteiger partial charge in [-0.2, -0.15) is 0 Å². The number of thiophene rings is 1. The maximum atomic E-state index is 6.64. The number of hydrogen-bond acceptors (Lipinski definition) is 2. The molecule has 0 fully saturated rings. The average molecular weight is 552 g/mol. The van der Waals surface area contributed by atoms with Gasteiger partial charge in [0, 0.05) is 37.0 Å². The van der Waals surface area contributed by atoms with E-state index in [1.54, 1.807) is 0 Å². The Hall–Kier alpha value is -3.29. The molecule has 33 heavy (non-hydrogen) atoms. The molecule has 0 saturated carbocycles. The van der Waals surface area contributed by atoms with Crippen LogP contribution in [0.3, 0.4) is 0 Å². The second kappa shape index (κ2) is 5.61. The quantitative estimate of drug-likeness (QED) is 0.172. The van der Waals surface area contributed by atoms with Crippen LogP contribution in [0.2, 0.25) is 0 Å². The lowest BCUT2D eigenvalue weighted by Gasteiger charge is -2.01. The third-order valence-corrected chi connectivity index (χ3v) is 9.40. The van der Waals surface area contributed by atoms with Crippen LogP contribution in [0.25, 0.3) is 80.5 Å². The van der Waals surface area contributed by atoms with Crippen LogP contribution in [0.1, 0.15) is 0 Å². The molecule has 0 aliphatic carbocycles. The highest BCUT2D eigenvalue weighted by Gasteiger charge is 2.25. The molecule has 0 saturated heterocycles. The van der Waals surface area contributed by atoms with E-state index in [0.29, 0.717) is 0 Å². The third kappa shape index (κ3) is 1.83. The summed E-state index contributed by atoms with van der Waals surface area (Å²) in [5, 5.41) is 7.53. The SMILES string of the molecule is In1c2cccc3c4oc5ccccc5c4n4c5c6ccccc6sc5c5ccc1c(c32)c54. The molecule has 0 aliphatic heterocycles. The van der Waals surface area contributed by atoms with Crippen molar-refractivity contribution in [2.75, 3.05) is 0 Å². The van der Waals surface area contributed by atoms with Crippen LogP contribution in [0.15, 0.2) is 83.3 Å². The van der Waals surface area contributed by atoms with Crippen LogP contribution in [-0.2, 0) is 0 Å². The van der Waals surface area contributed by atoms with E-state index < -0.39 is 0 Å².